The molecule has 17 valence electrons. The molecular weight excluding hydrogens is 265 g/mol. The van der Waals surface area contributed by atoms with Crippen LogP contribution in [-0.2, 0) is 0 Å². The van der Waals surface area contributed by atoms with Crippen molar-refractivity contribution in [2.45, 2.75) is 0 Å². The number of hydrogen-bond donors (Lipinski definition) is 0. The first-order chi connectivity index (χ1) is 1.00. The molecule has 0 aromatic rings. The number of rotatable bonds is 0. The van der Waals surface area contributed by atoms with E-state index in [2.05, 4.69) is 10.1 Å². The topological polar surface area (TPSA) is 0 Å². The van der Waals surface area contributed by atoms with Crippen LogP contribution in [-0.4, -0.2) is 39.9 Å². The van der Waals surface area contributed by atoms with Crippen LogP contribution < -0.4 is 0 Å². The molecule has 0 atom stereocenters. The molecule has 0 bridgehead atoms. The van der Waals surface area contributed by atoms with E-state index in [-0.39, 0.29) is 61.5 Å². The van der Waals surface area contributed by atoms with Gasteiger partial charge in [-0.1, -0.05) is 0 Å². The molecule has 0 fully saturated rings. The first kappa shape index (κ1) is 15.8. The van der Waals surface area contributed by atoms with Crippen LogP contribution in [0.5, 0.6) is 0 Å². The van der Waals surface area contributed by atoms with Gasteiger partial charge in [0, 0.05) is 35.6 Å². The van der Waals surface area contributed by atoms with Gasteiger partial charge in [-0.15, -0.1) is 0 Å². The predicted octanol–water partition coefficient (Wildman–Crippen LogP) is -0.156. The van der Waals surface area contributed by atoms with Gasteiger partial charge in [0.1, 0.15) is 0 Å². The van der Waals surface area contributed by atoms with E-state index in [4.69, 9.17) is 0 Å². The summed E-state index contributed by atoms with van der Waals surface area (Å²) < 4.78 is 0. The normalized spacial score (nSPS) is 0.750. The fourth-order valence-electron chi connectivity index (χ4n) is 0. The first-order valence-electron chi connectivity index (χ1n) is 0.289. The fourth-order valence-corrected chi connectivity index (χ4v) is 0. The Bertz CT molecular complexity index is 13.5. The van der Waals surface area contributed by atoms with E-state index in [9.17, 15) is 0 Å². The maximum atomic E-state index is 4.21. The zero-order valence-electron chi connectivity index (χ0n) is 4.40. The van der Waals surface area contributed by atoms with Crippen molar-refractivity contribution in [1.29, 1.82) is 0 Å². The molecule has 0 rings (SSSR count). The minimum absolute atomic E-state index is 0. The van der Waals surface area contributed by atoms with Crippen molar-refractivity contribution in [2.24, 2.45) is 0 Å². The van der Waals surface area contributed by atoms with Crippen molar-refractivity contribution in [3.63, 3.8) is 0 Å². The van der Waals surface area contributed by atoms with Crippen LogP contribution in [0.1, 0.15) is 2.85 Å². The van der Waals surface area contributed by atoms with Crippen LogP contribution in [0.3, 0.4) is 0 Å². The Balaban J connectivity index is -0.000000000833. The third-order valence-electron chi connectivity index (χ3n) is 0. The fraction of sp³-hybridized carbons (Fsp3) is 0. The SMILES string of the molecule is [H-].[H-].[La].[Mg+2].[S]=[GaH]. The summed E-state index contributed by atoms with van der Waals surface area (Å²) >= 11 is 0.958. The molecule has 0 heterocycles. The quantitative estimate of drug-likeness (QED) is 0.550. The molecule has 0 aliphatic rings. The van der Waals surface area contributed by atoms with Crippen molar-refractivity contribution in [2.75, 3.05) is 0 Å². The molecule has 0 nitrogen and oxygen atoms in total. The van der Waals surface area contributed by atoms with E-state index in [0.29, 0.717) is 0 Å². The van der Waals surface area contributed by atoms with Crippen molar-refractivity contribution in [3.8, 4) is 0 Å². The second kappa shape index (κ2) is 17.0. The van der Waals surface area contributed by atoms with E-state index in [1.165, 1.54) is 0 Å². The minimum atomic E-state index is 0. The molecule has 0 unspecified atom stereocenters. The molecule has 0 aliphatic heterocycles. The summed E-state index contributed by atoms with van der Waals surface area (Å²) in [6.45, 7) is 0. The van der Waals surface area contributed by atoms with Crippen LogP contribution >= 0.6 is 10.1 Å². The molecule has 4 heavy (non-hydrogen) atoms. The van der Waals surface area contributed by atoms with Gasteiger partial charge in [-0.3, -0.25) is 0 Å². The third kappa shape index (κ3) is 8.84. The van der Waals surface area contributed by atoms with Gasteiger partial charge < -0.3 is 2.85 Å². The molecular formula is H3GaLaMgS. The van der Waals surface area contributed by atoms with Crippen molar-refractivity contribution >= 4 is 49.9 Å². The van der Waals surface area contributed by atoms with E-state index in [0.717, 1.165) is 16.8 Å². The van der Waals surface area contributed by atoms with E-state index >= 15 is 0 Å². The summed E-state index contributed by atoms with van der Waals surface area (Å²) in [6, 6.07) is 0. The molecule has 0 spiro atoms. The zero-order valence-corrected chi connectivity index (χ0v) is 11.2. The Morgan fingerprint density at radius 1 is 1.50 bits per heavy atom. The van der Waals surface area contributed by atoms with Gasteiger partial charge in [-0.2, -0.15) is 0 Å². The van der Waals surface area contributed by atoms with Crippen molar-refractivity contribution in [1.82, 2.24) is 0 Å². The van der Waals surface area contributed by atoms with Gasteiger partial charge in [0.2, 0.25) is 0 Å². The Labute approximate surface area is 86.7 Å². The average Bonchev–Trinajstić information content (AvgIpc) is 1.00. The number of hydrogen-bond acceptors (Lipinski definition) is 1. The second-order valence-corrected chi connectivity index (χ2v) is 0. The molecule has 0 aromatic heterocycles. The Morgan fingerprint density at radius 2 is 1.50 bits per heavy atom. The third-order valence-corrected chi connectivity index (χ3v) is 0. The molecule has 4 heteroatoms. The van der Waals surface area contributed by atoms with E-state index in [1.807, 2.05) is 0 Å². The van der Waals surface area contributed by atoms with E-state index < -0.39 is 0 Å². The molecule has 0 aromatic carbocycles. The summed E-state index contributed by atoms with van der Waals surface area (Å²) in [4.78, 5) is 0. The molecule has 0 saturated carbocycles. The first-order valence-corrected chi connectivity index (χ1v) is 4.50. The average molecular weight is 268 g/mol. The summed E-state index contributed by atoms with van der Waals surface area (Å²) in [5, 5.41) is 0. The summed E-state index contributed by atoms with van der Waals surface area (Å²) in [7, 11) is 4.21. The Kier molecular flexibility index (Phi) is 67.3. The van der Waals surface area contributed by atoms with Crippen molar-refractivity contribution < 1.29 is 38.5 Å². The summed E-state index contributed by atoms with van der Waals surface area (Å²) in [5.41, 5.74) is 0. The Morgan fingerprint density at radius 3 is 1.50 bits per heavy atom. The van der Waals surface area contributed by atoms with Crippen LogP contribution in [0.4, 0.5) is 0 Å². The second-order valence-electron chi connectivity index (χ2n) is 0. The van der Waals surface area contributed by atoms with Crippen LogP contribution in [0, 0.1) is 35.6 Å². The molecule has 0 saturated heterocycles. The molecule has 0 aliphatic carbocycles. The van der Waals surface area contributed by atoms with Gasteiger partial charge >= 0.3 is 49.9 Å². The summed E-state index contributed by atoms with van der Waals surface area (Å²) in [5.74, 6) is 0. The van der Waals surface area contributed by atoms with Gasteiger partial charge in [-0.05, 0) is 0 Å². The predicted molar refractivity (Wildman–Crippen MR) is 22.7 cm³/mol. The molecule has 0 amide bonds. The monoisotopic (exact) mass is 267 g/mol. The van der Waals surface area contributed by atoms with Crippen LogP contribution in [0.25, 0.3) is 0 Å². The van der Waals surface area contributed by atoms with Crippen molar-refractivity contribution in [3.05, 3.63) is 0 Å². The zero-order chi connectivity index (χ0) is 2.00. The maximum absolute atomic E-state index is 4.21. The summed E-state index contributed by atoms with van der Waals surface area (Å²) in [6.07, 6.45) is 0. The van der Waals surface area contributed by atoms with Crippen LogP contribution in [0.2, 0.25) is 0 Å². The molecule has 1 radical (unpaired) electrons. The van der Waals surface area contributed by atoms with E-state index in [1.54, 1.807) is 0 Å². The molecule has 0 N–H and O–H groups in total. The van der Waals surface area contributed by atoms with Gasteiger partial charge in [-0.25, -0.2) is 0 Å². The Hall–Kier alpha value is 2.82. The standard InChI is InChI=1S/Ga.La.Mg.S.3H/q;;+2;;;2*-1. The van der Waals surface area contributed by atoms with Crippen LogP contribution in [0.15, 0.2) is 0 Å². The van der Waals surface area contributed by atoms with Gasteiger partial charge in [0.15, 0.2) is 0 Å². The van der Waals surface area contributed by atoms with Gasteiger partial charge in [0.25, 0.3) is 0 Å². The van der Waals surface area contributed by atoms with Gasteiger partial charge in [0.05, 0.1) is 0 Å².